The number of carbonyl (C=O) groups excluding carboxylic acids is 2. The molecule has 1 aromatic rings. The Morgan fingerprint density at radius 1 is 1.24 bits per heavy atom. The monoisotopic (exact) mass is 347 g/mol. The van der Waals surface area contributed by atoms with Gasteiger partial charge in [0, 0.05) is 37.3 Å². The molecule has 8 heteroatoms. The van der Waals surface area contributed by atoms with Crippen molar-refractivity contribution in [1.29, 1.82) is 0 Å². The van der Waals surface area contributed by atoms with E-state index in [1.807, 2.05) is 0 Å². The minimum absolute atomic E-state index is 0.0581. The fraction of sp³-hybridized carbons (Fsp3) is 0.529. The molecule has 0 spiro atoms. The van der Waals surface area contributed by atoms with Gasteiger partial charge in [0.2, 0.25) is 5.91 Å². The van der Waals surface area contributed by atoms with E-state index in [1.165, 1.54) is 12.1 Å². The molecule has 1 atom stereocenters. The Hall–Kier alpha value is -2.48. The Morgan fingerprint density at radius 2 is 1.96 bits per heavy atom. The summed E-state index contributed by atoms with van der Waals surface area (Å²) in [5.41, 5.74) is 0.833. The minimum atomic E-state index is -0.517. The number of morpholine rings is 1. The molecule has 2 amide bonds. The van der Waals surface area contributed by atoms with Gasteiger partial charge in [-0.25, -0.2) is 0 Å². The van der Waals surface area contributed by atoms with Crippen LogP contribution in [-0.2, 0) is 9.53 Å². The summed E-state index contributed by atoms with van der Waals surface area (Å²) in [5, 5.41) is 11.0. The molecule has 0 aromatic heterocycles. The van der Waals surface area contributed by atoms with Crippen LogP contribution in [-0.4, -0.2) is 65.4 Å². The molecule has 134 valence electrons. The minimum Gasteiger partial charge on any atom is -0.378 e. The maximum Gasteiger partial charge on any atom is 0.270 e. The fourth-order valence-corrected chi connectivity index (χ4v) is 3.37. The molecule has 0 bridgehead atoms. The zero-order chi connectivity index (χ0) is 18.0. The Labute approximate surface area is 145 Å². The third kappa shape index (κ3) is 3.48. The number of likely N-dealkylation sites (tertiary alicyclic amines) is 1. The predicted octanol–water partition coefficient (Wildman–Crippen LogP) is 1.37. The molecule has 0 radical (unpaired) electrons. The van der Waals surface area contributed by atoms with Gasteiger partial charge < -0.3 is 14.5 Å². The number of nitrogens with zero attached hydrogens (tertiary/aromatic N) is 3. The van der Waals surface area contributed by atoms with Crippen molar-refractivity contribution in [3.05, 3.63) is 39.4 Å². The molecule has 2 saturated heterocycles. The second-order valence-electron chi connectivity index (χ2n) is 6.35. The highest BCUT2D eigenvalue weighted by molar-refractivity contribution is 5.99. The molecule has 2 aliphatic rings. The summed E-state index contributed by atoms with van der Waals surface area (Å²) in [6.07, 6.45) is 1.37. The molecule has 0 aliphatic carbocycles. The van der Waals surface area contributed by atoms with Crippen LogP contribution >= 0.6 is 0 Å². The lowest BCUT2D eigenvalue weighted by Gasteiger charge is -2.32. The molecular formula is C17H21N3O5. The van der Waals surface area contributed by atoms with Crippen molar-refractivity contribution in [2.45, 2.75) is 25.8 Å². The average molecular weight is 347 g/mol. The maximum absolute atomic E-state index is 12.9. The zero-order valence-electron chi connectivity index (χ0n) is 14.1. The largest absolute Gasteiger partial charge is 0.378 e. The van der Waals surface area contributed by atoms with Gasteiger partial charge in [0.05, 0.1) is 18.1 Å². The number of hydrogen-bond donors (Lipinski definition) is 0. The van der Waals surface area contributed by atoms with E-state index in [1.54, 1.807) is 22.8 Å². The van der Waals surface area contributed by atoms with Gasteiger partial charge in [-0.1, -0.05) is 6.07 Å². The molecule has 1 unspecified atom stereocenters. The number of ether oxygens (including phenoxy) is 1. The number of nitro benzene ring substituents is 1. The normalized spacial score (nSPS) is 20.6. The van der Waals surface area contributed by atoms with Crippen molar-refractivity contribution < 1.29 is 19.2 Å². The number of non-ortho nitro benzene ring substituents is 1. The lowest BCUT2D eigenvalue weighted by Crippen LogP contribution is -2.51. The van der Waals surface area contributed by atoms with Crippen LogP contribution in [0.3, 0.4) is 0 Å². The van der Waals surface area contributed by atoms with Crippen LogP contribution in [0.15, 0.2) is 18.2 Å². The quantitative estimate of drug-likeness (QED) is 0.608. The average Bonchev–Trinajstić information content (AvgIpc) is 3.11. The first-order chi connectivity index (χ1) is 12.0. The summed E-state index contributed by atoms with van der Waals surface area (Å²) in [4.78, 5) is 39.5. The number of hydrogen-bond acceptors (Lipinski definition) is 5. The van der Waals surface area contributed by atoms with E-state index >= 15 is 0 Å². The smallest absolute Gasteiger partial charge is 0.270 e. The van der Waals surface area contributed by atoms with Crippen molar-refractivity contribution in [2.75, 3.05) is 32.8 Å². The summed E-state index contributed by atoms with van der Waals surface area (Å²) < 4.78 is 5.27. The summed E-state index contributed by atoms with van der Waals surface area (Å²) in [6.45, 7) is 4.32. The lowest BCUT2D eigenvalue weighted by atomic mass is 10.1. The van der Waals surface area contributed by atoms with Crippen molar-refractivity contribution >= 4 is 17.5 Å². The van der Waals surface area contributed by atoms with Crippen LogP contribution in [0.4, 0.5) is 5.69 Å². The second kappa shape index (κ2) is 7.18. The second-order valence-corrected chi connectivity index (χ2v) is 6.35. The van der Waals surface area contributed by atoms with Gasteiger partial charge in [-0.3, -0.25) is 19.7 Å². The first-order valence-corrected chi connectivity index (χ1v) is 8.41. The molecule has 2 fully saturated rings. The fourth-order valence-electron chi connectivity index (χ4n) is 3.37. The number of benzene rings is 1. The van der Waals surface area contributed by atoms with Crippen molar-refractivity contribution in [3.63, 3.8) is 0 Å². The van der Waals surface area contributed by atoms with Crippen LogP contribution in [0.25, 0.3) is 0 Å². The van der Waals surface area contributed by atoms with Crippen LogP contribution in [0.5, 0.6) is 0 Å². The SMILES string of the molecule is Cc1ccc([N+](=O)[O-])cc1C(=O)N1CCCC1C(=O)N1CCOCC1. The third-order valence-electron chi connectivity index (χ3n) is 4.78. The molecular weight excluding hydrogens is 326 g/mol. The van der Waals surface area contributed by atoms with Gasteiger partial charge in [-0.05, 0) is 25.3 Å². The van der Waals surface area contributed by atoms with Gasteiger partial charge in [0.15, 0.2) is 0 Å². The summed E-state index contributed by atoms with van der Waals surface area (Å²) in [5.74, 6) is -0.373. The molecule has 25 heavy (non-hydrogen) atoms. The Morgan fingerprint density at radius 3 is 2.64 bits per heavy atom. The van der Waals surface area contributed by atoms with Gasteiger partial charge in [-0.2, -0.15) is 0 Å². The van der Waals surface area contributed by atoms with Crippen LogP contribution in [0.1, 0.15) is 28.8 Å². The molecule has 0 N–H and O–H groups in total. The van der Waals surface area contributed by atoms with Crippen LogP contribution < -0.4 is 0 Å². The van der Waals surface area contributed by atoms with Crippen molar-refractivity contribution in [2.24, 2.45) is 0 Å². The molecule has 3 rings (SSSR count). The molecule has 0 saturated carbocycles. The van der Waals surface area contributed by atoms with E-state index in [2.05, 4.69) is 0 Å². The number of aryl methyl sites for hydroxylation is 1. The summed E-state index contributed by atoms with van der Waals surface area (Å²) in [6, 6.07) is 3.75. The molecule has 2 heterocycles. The first-order valence-electron chi connectivity index (χ1n) is 8.41. The highest BCUT2D eigenvalue weighted by Gasteiger charge is 2.37. The van der Waals surface area contributed by atoms with Crippen LogP contribution in [0, 0.1) is 17.0 Å². The maximum atomic E-state index is 12.9. The summed E-state index contributed by atoms with van der Waals surface area (Å²) in [7, 11) is 0. The van der Waals surface area contributed by atoms with Crippen molar-refractivity contribution in [1.82, 2.24) is 9.80 Å². The van der Waals surface area contributed by atoms with E-state index in [9.17, 15) is 19.7 Å². The number of rotatable bonds is 3. The van der Waals surface area contributed by atoms with Gasteiger partial charge in [0.1, 0.15) is 6.04 Å². The Kier molecular flexibility index (Phi) is 4.98. The van der Waals surface area contributed by atoms with Gasteiger partial charge in [0.25, 0.3) is 11.6 Å². The Balaban J connectivity index is 1.82. The van der Waals surface area contributed by atoms with E-state index in [-0.39, 0.29) is 23.1 Å². The summed E-state index contributed by atoms with van der Waals surface area (Å²) >= 11 is 0. The lowest BCUT2D eigenvalue weighted by molar-refractivity contribution is -0.384. The van der Waals surface area contributed by atoms with Crippen molar-refractivity contribution in [3.8, 4) is 0 Å². The molecule has 8 nitrogen and oxygen atoms in total. The van der Waals surface area contributed by atoms with Gasteiger partial charge in [-0.15, -0.1) is 0 Å². The molecule has 1 aromatic carbocycles. The number of nitro groups is 1. The predicted molar refractivity (Wildman–Crippen MR) is 89.3 cm³/mol. The number of carbonyl (C=O) groups is 2. The third-order valence-corrected chi connectivity index (χ3v) is 4.78. The van der Waals surface area contributed by atoms with Gasteiger partial charge >= 0.3 is 0 Å². The Bertz CT molecular complexity index is 700. The molecule has 2 aliphatic heterocycles. The van der Waals surface area contributed by atoms with Crippen LogP contribution in [0.2, 0.25) is 0 Å². The zero-order valence-corrected chi connectivity index (χ0v) is 14.1. The highest BCUT2D eigenvalue weighted by atomic mass is 16.6. The van der Waals surface area contributed by atoms with E-state index in [0.29, 0.717) is 44.8 Å². The topological polar surface area (TPSA) is 93.0 Å². The highest BCUT2D eigenvalue weighted by Crippen LogP contribution is 2.25. The first kappa shape index (κ1) is 17.3. The van der Waals surface area contributed by atoms with E-state index in [4.69, 9.17) is 4.74 Å². The standard InChI is InChI=1S/C17H21N3O5/c1-12-4-5-13(20(23)24)11-14(12)16(21)19-6-2-3-15(19)17(22)18-7-9-25-10-8-18/h4-5,11,15H,2-3,6-10H2,1H3. The van der Waals surface area contributed by atoms with E-state index < -0.39 is 11.0 Å². The van der Waals surface area contributed by atoms with E-state index in [0.717, 1.165) is 6.42 Å². The number of amides is 2.